The van der Waals surface area contributed by atoms with Crippen LogP contribution in [0.25, 0.3) is 22.5 Å². The third-order valence-corrected chi connectivity index (χ3v) is 5.30. The fraction of sp³-hybridized carbons (Fsp3) is 0. The van der Waals surface area contributed by atoms with E-state index in [1.807, 2.05) is 53.2 Å². The maximum absolute atomic E-state index is 12.6. The zero-order valence-corrected chi connectivity index (χ0v) is 17.1. The number of carbonyl (C=O) groups is 1. The Hall–Kier alpha value is -3.48. The van der Waals surface area contributed by atoms with Crippen molar-refractivity contribution in [2.75, 3.05) is 5.32 Å². The van der Waals surface area contributed by atoms with E-state index in [-0.39, 0.29) is 10.7 Å². The number of nitriles is 1. The highest BCUT2D eigenvalue weighted by Crippen LogP contribution is 2.27. The minimum absolute atomic E-state index is 0.0446. The number of hydrogen-bond donors (Lipinski definition) is 1. The largest absolute Gasteiger partial charge is 0.462 e. The molecule has 0 saturated carbocycles. The summed E-state index contributed by atoms with van der Waals surface area (Å²) < 4.78 is 8.12. The Morgan fingerprint density at radius 3 is 2.76 bits per heavy atom. The molecule has 3 aromatic heterocycles. The molecular weight excluding hydrogens is 454 g/mol. The monoisotopic (exact) mass is 465 g/mol. The van der Waals surface area contributed by atoms with Crippen LogP contribution in [0, 0.1) is 11.3 Å². The second-order valence-corrected chi connectivity index (χ2v) is 7.69. The number of anilines is 1. The van der Waals surface area contributed by atoms with E-state index in [4.69, 9.17) is 4.42 Å². The van der Waals surface area contributed by atoms with E-state index in [2.05, 4.69) is 31.4 Å². The lowest BCUT2D eigenvalue weighted by Gasteiger charge is -2.07. The van der Waals surface area contributed by atoms with Crippen molar-refractivity contribution in [3.8, 4) is 22.5 Å². The fourth-order valence-corrected chi connectivity index (χ4v) is 3.55. The Morgan fingerprint density at radius 1 is 1.21 bits per heavy atom. The van der Waals surface area contributed by atoms with E-state index in [9.17, 15) is 10.1 Å². The third kappa shape index (κ3) is 4.18. The summed E-state index contributed by atoms with van der Waals surface area (Å²) in [5, 5.41) is 20.8. The third-order valence-electron chi connectivity index (χ3n) is 3.92. The molecule has 1 aromatic carbocycles. The van der Waals surface area contributed by atoms with E-state index in [0.29, 0.717) is 16.5 Å². The molecule has 142 valence electrons. The maximum Gasteiger partial charge on any atom is 0.268 e. The summed E-state index contributed by atoms with van der Waals surface area (Å²) in [4.78, 5) is 12.6. The van der Waals surface area contributed by atoms with Gasteiger partial charge in [0.2, 0.25) is 5.13 Å². The van der Waals surface area contributed by atoms with Gasteiger partial charge in [-0.2, -0.15) is 5.26 Å². The minimum atomic E-state index is -0.557. The van der Waals surface area contributed by atoms with Gasteiger partial charge in [0.25, 0.3) is 5.91 Å². The van der Waals surface area contributed by atoms with Crippen LogP contribution >= 0.6 is 27.3 Å². The van der Waals surface area contributed by atoms with Gasteiger partial charge in [-0.3, -0.25) is 10.1 Å². The van der Waals surface area contributed by atoms with Crippen LogP contribution in [0.15, 0.2) is 75.5 Å². The Labute approximate surface area is 178 Å². The zero-order chi connectivity index (χ0) is 20.2. The summed E-state index contributed by atoms with van der Waals surface area (Å²) >= 11 is 4.57. The molecule has 0 radical (unpaired) electrons. The van der Waals surface area contributed by atoms with Crippen LogP contribution in [-0.4, -0.2) is 20.7 Å². The van der Waals surface area contributed by atoms with Crippen LogP contribution in [-0.2, 0) is 4.79 Å². The summed E-state index contributed by atoms with van der Waals surface area (Å²) in [7, 11) is 0. The van der Waals surface area contributed by atoms with E-state index >= 15 is 0 Å². The number of furan rings is 1. The van der Waals surface area contributed by atoms with E-state index in [1.165, 1.54) is 12.3 Å². The molecule has 3 heterocycles. The van der Waals surface area contributed by atoms with Gasteiger partial charge < -0.3 is 8.98 Å². The van der Waals surface area contributed by atoms with E-state index in [0.717, 1.165) is 21.5 Å². The second-order valence-electron chi connectivity index (χ2n) is 5.79. The van der Waals surface area contributed by atoms with Gasteiger partial charge in [0, 0.05) is 22.1 Å². The summed E-state index contributed by atoms with van der Waals surface area (Å²) in [6.07, 6.45) is 4.93. The molecule has 0 aliphatic carbocycles. The second kappa shape index (κ2) is 8.26. The maximum atomic E-state index is 12.6. The number of hydrogen-bond acceptors (Lipinski definition) is 6. The van der Waals surface area contributed by atoms with Gasteiger partial charge >= 0.3 is 0 Å². The van der Waals surface area contributed by atoms with Crippen LogP contribution in [0.1, 0.15) is 5.69 Å². The van der Waals surface area contributed by atoms with Crippen molar-refractivity contribution >= 4 is 44.4 Å². The average molecular weight is 466 g/mol. The lowest BCUT2D eigenvalue weighted by atomic mass is 10.2. The van der Waals surface area contributed by atoms with Crippen molar-refractivity contribution in [1.82, 2.24) is 14.8 Å². The first-order chi connectivity index (χ1) is 14.1. The molecular formula is C20H12BrN5O2S. The highest BCUT2D eigenvalue weighted by atomic mass is 79.9. The molecule has 0 saturated heterocycles. The molecule has 0 spiro atoms. The van der Waals surface area contributed by atoms with Crippen LogP contribution < -0.4 is 5.32 Å². The molecule has 9 heteroatoms. The first-order valence-electron chi connectivity index (χ1n) is 8.38. The molecule has 4 aromatic rings. The number of amides is 1. The standard InChI is InChI=1S/C20H12BrN5O2S/c21-14-5-7-15(8-6-14)26-9-1-3-16(26)11-13(12-22)18(27)23-20-25-24-19(29-20)17-4-2-10-28-17/h1-11H,(H,23,25,27). The predicted octanol–water partition coefficient (Wildman–Crippen LogP) is 4.90. The molecule has 0 aliphatic heterocycles. The van der Waals surface area contributed by atoms with Gasteiger partial charge in [-0.25, -0.2) is 0 Å². The molecule has 0 aliphatic rings. The number of nitrogens with one attached hydrogen (secondary N) is 1. The van der Waals surface area contributed by atoms with Gasteiger partial charge in [0.1, 0.15) is 11.6 Å². The number of halogens is 1. The SMILES string of the molecule is N#CC(=Cc1cccn1-c1ccc(Br)cc1)C(=O)Nc1nnc(-c2ccco2)s1. The summed E-state index contributed by atoms with van der Waals surface area (Å²) in [6, 6.07) is 16.8. The molecule has 0 fully saturated rings. The Balaban J connectivity index is 1.56. The molecule has 0 atom stereocenters. The minimum Gasteiger partial charge on any atom is -0.462 e. The summed E-state index contributed by atoms with van der Waals surface area (Å²) in [5.41, 5.74) is 1.57. The Kier molecular flexibility index (Phi) is 5.37. The summed E-state index contributed by atoms with van der Waals surface area (Å²) in [5.74, 6) is 0.00424. The lowest BCUT2D eigenvalue weighted by molar-refractivity contribution is -0.112. The van der Waals surface area contributed by atoms with Gasteiger partial charge in [-0.1, -0.05) is 27.3 Å². The van der Waals surface area contributed by atoms with Gasteiger partial charge in [-0.05, 0) is 54.6 Å². The number of aromatic nitrogens is 3. The highest BCUT2D eigenvalue weighted by Gasteiger charge is 2.15. The quantitative estimate of drug-likeness (QED) is 0.334. The lowest BCUT2D eigenvalue weighted by Crippen LogP contribution is -2.13. The summed E-state index contributed by atoms with van der Waals surface area (Å²) in [6.45, 7) is 0. The predicted molar refractivity (Wildman–Crippen MR) is 113 cm³/mol. The number of rotatable bonds is 5. The van der Waals surface area contributed by atoms with Gasteiger partial charge in [-0.15, -0.1) is 10.2 Å². The van der Waals surface area contributed by atoms with Gasteiger partial charge in [0.05, 0.1) is 6.26 Å². The van der Waals surface area contributed by atoms with Crippen molar-refractivity contribution in [2.24, 2.45) is 0 Å². The number of carbonyl (C=O) groups excluding carboxylic acids is 1. The topological polar surface area (TPSA) is 96.7 Å². The molecule has 0 bridgehead atoms. The first-order valence-corrected chi connectivity index (χ1v) is 9.99. The molecule has 1 N–H and O–H groups in total. The van der Waals surface area contributed by atoms with Crippen LogP contribution in [0.3, 0.4) is 0 Å². The van der Waals surface area contributed by atoms with Crippen molar-refractivity contribution in [1.29, 1.82) is 5.26 Å². The van der Waals surface area contributed by atoms with Crippen LogP contribution in [0.4, 0.5) is 5.13 Å². The van der Waals surface area contributed by atoms with Crippen molar-refractivity contribution in [3.63, 3.8) is 0 Å². The molecule has 29 heavy (non-hydrogen) atoms. The molecule has 1 amide bonds. The van der Waals surface area contributed by atoms with Crippen LogP contribution in [0.5, 0.6) is 0 Å². The Morgan fingerprint density at radius 2 is 2.03 bits per heavy atom. The fourth-order valence-electron chi connectivity index (χ4n) is 2.58. The van der Waals surface area contributed by atoms with E-state index < -0.39 is 5.91 Å². The van der Waals surface area contributed by atoms with Crippen LogP contribution in [0.2, 0.25) is 0 Å². The first kappa shape index (κ1) is 18.9. The highest BCUT2D eigenvalue weighted by molar-refractivity contribution is 9.10. The van der Waals surface area contributed by atoms with Gasteiger partial charge in [0.15, 0.2) is 10.8 Å². The molecule has 7 nitrogen and oxygen atoms in total. The van der Waals surface area contributed by atoms with Crippen molar-refractivity contribution in [2.45, 2.75) is 0 Å². The van der Waals surface area contributed by atoms with Crippen molar-refractivity contribution in [3.05, 3.63) is 76.7 Å². The van der Waals surface area contributed by atoms with E-state index in [1.54, 1.807) is 12.1 Å². The Bertz CT molecular complexity index is 1220. The zero-order valence-electron chi connectivity index (χ0n) is 14.7. The molecule has 0 unspecified atom stereocenters. The average Bonchev–Trinajstić information content (AvgIpc) is 3.48. The number of nitrogens with zero attached hydrogens (tertiary/aromatic N) is 4. The normalized spacial score (nSPS) is 11.2. The smallest absolute Gasteiger partial charge is 0.268 e. The molecule has 4 rings (SSSR count). The number of benzene rings is 1. The van der Waals surface area contributed by atoms with Crippen molar-refractivity contribution < 1.29 is 9.21 Å².